The van der Waals surface area contributed by atoms with Crippen molar-refractivity contribution in [2.45, 2.75) is 19.5 Å². The van der Waals surface area contributed by atoms with Gasteiger partial charge in [-0.15, -0.1) is 10.2 Å². The first-order valence-electron chi connectivity index (χ1n) is 10.2. The minimum Gasteiger partial charge on any atom is -0.497 e. The third-order valence-electron chi connectivity index (χ3n) is 6.05. The number of anilines is 1. The molecular weight excluding hydrogens is 380 g/mol. The molecule has 154 valence electrons. The first-order chi connectivity index (χ1) is 14.7. The van der Waals surface area contributed by atoms with Gasteiger partial charge in [-0.05, 0) is 53.8 Å². The molecule has 1 amide bonds. The number of rotatable bonds is 5. The zero-order valence-electron chi connectivity index (χ0n) is 16.9. The largest absolute Gasteiger partial charge is 0.497 e. The van der Waals surface area contributed by atoms with Gasteiger partial charge in [0.1, 0.15) is 11.6 Å². The summed E-state index contributed by atoms with van der Waals surface area (Å²) in [5.74, 6) is 2.86. The van der Waals surface area contributed by atoms with Gasteiger partial charge in [0.05, 0.1) is 7.11 Å². The molecule has 30 heavy (non-hydrogen) atoms. The summed E-state index contributed by atoms with van der Waals surface area (Å²) in [5, 5.41) is 11.4. The maximum Gasteiger partial charge on any atom is 0.293 e. The number of nitrogens with one attached hydrogen (secondary N) is 1. The van der Waals surface area contributed by atoms with E-state index in [4.69, 9.17) is 4.74 Å². The van der Waals surface area contributed by atoms with E-state index in [1.54, 1.807) is 7.11 Å². The van der Waals surface area contributed by atoms with Gasteiger partial charge in [0.25, 0.3) is 5.91 Å². The van der Waals surface area contributed by atoms with E-state index in [0.29, 0.717) is 23.3 Å². The summed E-state index contributed by atoms with van der Waals surface area (Å²) in [5.41, 5.74) is 1.99. The smallest absolute Gasteiger partial charge is 0.293 e. The molecule has 4 heterocycles. The first-order valence-corrected chi connectivity index (χ1v) is 10.2. The number of likely N-dealkylation sites (tertiary alicyclic amines) is 1. The van der Waals surface area contributed by atoms with Crippen LogP contribution in [0.3, 0.4) is 0 Å². The van der Waals surface area contributed by atoms with E-state index in [1.165, 1.54) is 5.56 Å². The standard InChI is InChI=1S/C22H24N6O2/c1-30-19-4-2-18(3-5-19)24-22(29)21-26-25-20-10-16-12-27(13-17(16)14-28(20)21)11-15-6-8-23-9-7-15/h2-9,16-17H,10-14H2,1H3,(H,24,29)/t16-,17-/m1/s1. The second-order valence-corrected chi connectivity index (χ2v) is 8.01. The summed E-state index contributed by atoms with van der Waals surface area (Å²) in [6, 6.07) is 11.4. The number of fused-ring (bicyclic) bond motifs is 2. The molecule has 2 aromatic heterocycles. The Balaban J connectivity index is 1.26. The minimum atomic E-state index is -0.232. The Hall–Kier alpha value is -3.26. The van der Waals surface area contributed by atoms with E-state index >= 15 is 0 Å². The van der Waals surface area contributed by atoms with Crippen molar-refractivity contribution in [3.63, 3.8) is 0 Å². The quantitative estimate of drug-likeness (QED) is 0.702. The Labute approximate surface area is 174 Å². The van der Waals surface area contributed by atoms with Crippen LogP contribution in [0.4, 0.5) is 5.69 Å². The van der Waals surface area contributed by atoms with Gasteiger partial charge in [-0.3, -0.25) is 14.7 Å². The lowest BCUT2D eigenvalue weighted by atomic mass is 9.89. The number of carbonyl (C=O) groups excluding carboxylic acids is 1. The first kappa shape index (κ1) is 18.7. The molecule has 0 bridgehead atoms. The molecule has 2 aliphatic heterocycles. The molecule has 1 N–H and O–H groups in total. The molecule has 0 spiro atoms. The summed E-state index contributed by atoms with van der Waals surface area (Å²) in [6.45, 7) is 3.78. The average molecular weight is 404 g/mol. The van der Waals surface area contributed by atoms with Crippen LogP contribution in [0.5, 0.6) is 5.75 Å². The second kappa shape index (κ2) is 7.87. The summed E-state index contributed by atoms with van der Waals surface area (Å²) in [7, 11) is 1.62. The van der Waals surface area contributed by atoms with E-state index in [0.717, 1.165) is 44.2 Å². The van der Waals surface area contributed by atoms with Crippen LogP contribution in [0.25, 0.3) is 0 Å². The Morgan fingerprint density at radius 3 is 2.60 bits per heavy atom. The van der Waals surface area contributed by atoms with Crippen LogP contribution < -0.4 is 10.1 Å². The predicted molar refractivity (Wildman–Crippen MR) is 111 cm³/mol. The minimum absolute atomic E-state index is 0.232. The van der Waals surface area contributed by atoms with Gasteiger partial charge in [-0.2, -0.15) is 0 Å². The summed E-state index contributed by atoms with van der Waals surface area (Å²) in [6.07, 6.45) is 4.54. The number of carbonyl (C=O) groups is 1. The lowest BCUT2D eigenvalue weighted by molar-refractivity contribution is 0.100. The van der Waals surface area contributed by atoms with Crippen LogP contribution in [0.2, 0.25) is 0 Å². The van der Waals surface area contributed by atoms with Gasteiger partial charge >= 0.3 is 0 Å². The third-order valence-corrected chi connectivity index (χ3v) is 6.05. The fraction of sp³-hybridized carbons (Fsp3) is 0.364. The van der Waals surface area contributed by atoms with E-state index < -0.39 is 0 Å². The Bertz CT molecular complexity index is 1030. The average Bonchev–Trinajstić information content (AvgIpc) is 3.35. The van der Waals surface area contributed by atoms with E-state index in [2.05, 4.69) is 37.5 Å². The Morgan fingerprint density at radius 2 is 1.83 bits per heavy atom. The highest BCUT2D eigenvalue weighted by Gasteiger charge is 2.39. The Kier molecular flexibility index (Phi) is 4.92. The molecule has 1 fully saturated rings. The van der Waals surface area contributed by atoms with Gasteiger partial charge in [-0.1, -0.05) is 0 Å². The highest BCUT2D eigenvalue weighted by atomic mass is 16.5. The number of pyridine rings is 1. The molecule has 5 rings (SSSR count). The lowest BCUT2D eigenvalue weighted by Crippen LogP contribution is -2.31. The highest BCUT2D eigenvalue weighted by molar-refractivity contribution is 6.01. The number of hydrogen-bond donors (Lipinski definition) is 1. The number of aromatic nitrogens is 4. The van der Waals surface area contributed by atoms with Crippen molar-refractivity contribution in [1.29, 1.82) is 0 Å². The molecule has 0 unspecified atom stereocenters. The van der Waals surface area contributed by atoms with Crippen molar-refractivity contribution in [2.75, 3.05) is 25.5 Å². The summed E-state index contributed by atoms with van der Waals surface area (Å²) < 4.78 is 7.16. The van der Waals surface area contributed by atoms with Crippen LogP contribution in [0, 0.1) is 11.8 Å². The van der Waals surface area contributed by atoms with Crippen molar-refractivity contribution >= 4 is 11.6 Å². The zero-order chi connectivity index (χ0) is 20.5. The van der Waals surface area contributed by atoms with Crippen LogP contribution >= 0.6 is 0 Å². The Morgan fingerprint density at radius 1 is 1.07 bits per heavy atom. The maximum atomic E-state index is 12.8. The topological polar surface area (TPSA) is 85.2 Å². The van der Waals surface area contributed by atoms with Gasteiger partial charge in [0.2, 0.25) is 5.82 Å². The molecule has 0 aliphatic carbocycles. The zero-order valence-corrected chi connectivity index (χ0v) is 16.9. The molecule has 1 aromatic carbocycles. The van der Waals surface area contributed by atoms with Gasteiger partial charge < -0.3 is 14.6 Å². The third kappa shape index (κ3) is 3.66. The normalized spacial score (nSPS) is 20.4. The molecule has 2 atom stereocenters. The van der Waals surface area contributed by atoms with Crippen molar-refractivity contribution in [3.05, 3.63) is 66.0 Å². The number of amides is 1. The van der Waals surface area contributed by atoms with E-state index in [9.17, 15) is 4.79 Å². The molecule has 8 nitrogen and oxygen atoms in total. The SMILES string of the molecule is COc1ccc(NC(=O)c2nnc3n2C[C@H]2CN(Cc4ccncc4)C[C@H]2C3)cc1. The number of nitrogens with zero attached hydrogens (tertiary/aromatic N) is 5. The van der Waals surface area contributed by atoms with Crippen LogP contribution in [-0.4, -0.2) is 50.8 Å². The highest BCUT2D eigenvalue weighted by Crippen LogP contribution is 2.33. The van der Waals surface area contributed by atoms with Crippen molar-refractivity contribution in [1.82, 2.24) is 24.6 Å². The summed E-state index contributed by atoms with van der Waals surface area (Å²) in [4.78, 5) is 19.4. The van der Waals surface area contributed by atoms with Crippen LogP contribution in [-0.2, 0) is 19.5 Å². The molecule has 0 radical (unpaired) electrons. The van der Waals surface area contributed by atoms with Crippen molar-refractivity contribution < 1.29 is 9.53 Å². The number of methoxy groups -OCH3 is 1. The van der Waals surface area contributed by atoms with Gasteiger partial charge in [0.15, 0.2) is 0 Å². The summed E-state index contributed by atoms with van der Waals surface area (Å²) >= 11 is 0. The van der Waals surface area contributed by atoms with Crippen molar-refractivity contribution in [2.24, 2.45) is 11.8 Å². The van der Waals surface area contributed by atoms with Crippen LogP contribution in [0.15, 0.2) is 48.8 Å². The second-order valence-electron chi connectivity index (χ2n) is 8.01. The molecule has 1 saturated heterocycles. The predicted octanol–water partition coefficient (Wildman–Crippen LogP) is 2.24. The lowest BCUT2D eigenvalue weighted by Gasteiger charge is -2.25. The van der Waals surface area contributed by atoms with Crippen molar-refractivity contribution in [3.8, 4) is 5.75 Å². The van der Waals surface area contributed by atoms with Gasteiger partial charge in [0, 0.05) is 50.7 Å². The maximum absolute atomic E-state index is 12.8. The fourth-order valence-corrected chi connectivity index (χ4v) is 4.53. The molecule has 2 aliphatic rings. The molecule has 3 aromatic rings. The van der Waals surface area contributed by atoms with Crippen LogP contribution in [0.1, 0.15) is 22.0 Å². The number of hydrogen-bond acceptors (Lipinski definition) is 6. The monoisotopic (exact) mass is 404 g/mol. The molecule has 8 heteroatoms. The molecular formula is C22H24N6O2. The van der Waals surface area contributed by atoms with E-state index in [-0.39, 0.29) is 5.91 Å². The fourth-order valence-electron chi connectivity index (χ4n) is 4.53. The molecule has 0 saturated carbocycles. The number of ether oxygens (including phenoxy) is 1. The number of benzene rings is 1. The van der Waals surface area contributed by atoms with E-state index in [1.807, 2.05) is 41.2 Å². The van der Waals surface area contributed by atoms with Gasteiger partial charge in [-0.25, -0.2) is 0 Å².